The molecule has 3 N–H and O–H groups in total. The average Bonchev–Trinajstić information content (AvgIpc) is 2.65. The van der Waals surface area contributed by atoms with Gasteiger partial charge in [-0.2, -0.15) is 0 Å². The first kappa shape index (κ1) is 14.2. The van der Waals surface area contributed by atoms with Crippen molar-refractivity contribution in [1.82, 2.24) is 4.98 Å². The molecule has 0 radical (unpaired) electrons. The molecule has 1 unspecified atom stereocenters. The Hall–Kier alpha value is -1.21. The number of thiocarbonyl (C=S) groups is 1. The van der Waals surface area contributed by atoms with Gasteiger partial charge in [0.1, 0.15) is 10.8 Å². The summed E-state index contributed by atoms with van der Waals surface area (Å²) in [5.41, 5.74) is 7.11. The van der Waals surface area contributed by atoms with Crippen LogP contribution < -0.4 is 11.1 Å². The summed E-state index contributed by atoms with van der Waals surface area (Å²) in [6.07, 6.45) is 1.43. The van der Waals surface area contributed by atoms with Gasteiger partial charge in [0.2, 0.25) is 0 Å². The van der Waals surface area contributed by atoms with Gasteiger partial charge in [-0.05, 0) is 31.9 Å². The van der Waals surface area contributed by atoms with E-state index in [2.05, 4.69) is 10.3 Å². The second-order valence-corrected chi connectivity index (χ2v) is 7.57. The molecule has 1 aromatic heterocycles. The third kappa shape index (κ3) is 3.22. The van der Waals surface area contributed by atoms with Crippen LogP contribution in [0.4, 0.5) is 5.82 Å². The van der Waals surface area contributed by atoms with Gasteiger partial charge >= 0.3 is 0 Å². The second-order valence-electron chi connectivity index (χ2n) is 4.73. The quantitative estimate of drug-likeness (QED) is 0.807. The highest BCUT2D eigenvalue weighted by atomic mass is 32.2. The Morgan fingerprint density at radius 3 is 2.89 bits per heavy atom. The number of sulfone groups is 1. The van der Waals surface area contributed by atoms with Crippen LogP contribution in [0.5, 0.6) is 0 Å². The fourth-order valence-electron chi connectivity index (χ4n) is 2.19. The van der Waals surface area contributed by atoms with Gasteiger partial charge < -0.3 is 11.1 Å². The SMILES string of the molecule is Cc1ccc(C(N)=S)c(NCC2CCCS2(=O)=O)n1. The van der Waals surface area contributed by atoms with Crippen molar-refractivity contribution in [3.63, 3.8) is 0 Å². The summed E-state index contributed by atoms with van der Waals surface area (Å²) in [7, 11) is -2.95. The van der Waals surface area contributed by atoms with Gasteiger partial charge in [-0.15, -0.1) is 0 Å². The summed E-state index contributed by atoms with van der Waals surface area (Å²) in [5.74, 6) is 0.845. The first-order valence-electron chi connectivity index (χ1n) is 6.13. The van der Waals surface area contributed by atoms with Crippen LogP contribution >= 0.6 is 12.2 Å². The van der Waals surface area contributed by atoms with E-state index in [0.717, 1.165) is 12.1 Å². The normalized spacial score (nSPS) is 21.2. The highest BCUT2D eigenvalue weighted by Gasteiger charge is 2.31. The minimum Gasteiger partial charge on any atom is -0.389 e. The lowest BCUT2D eigenvalue weighted by atomic mass is 10.2. The molecule has 1 aromatic rings. The molecule has 1 aliphatic heterocycles. The minimum atomic E-state index is -2.95. The Kier molecular flexibility index (Phi) is 4.05. The van der Waals surface area contributed by atoms with Crippen molar-refractivity contribution in [3.05, 3.63) is 23.4 Å². The van der Waals surface area contributed by atoms with Crippen LogP contribution in [0.15, 0.2) is 12.1 Å². The van der Waals surface area contributed by atoms with Crippen LogP contribution in [0.2, 0.25) is 0 Å². The predicted molar refractivity (Wildman–Crippen MR) is 80.2 cm³/mol. The average molecular weight is 299 g/mol. The summed E-state index contributed by atoms with van der Waals surface area (Å²) < 4.78 is 23.5. The molecule has 0 aromatic carbocycles. The van der Waals surface area contributed by atoms with Gasteiger partial charge in [0, 0.05) is 12.2 Å². The zero-order valence-corrected chi connectivity index (χ0v) is 12.4. The lowest BCUT2D eigenvalue weighted by molar-refractivity contribution is 0.591. The number of aromatic nitrogens is 1. The fraction of sp³-hybridized carbons (Fsp3) is 0.500. The second kappa shape index (κ2) is 5.42. The molecule has 19 heavy (non-hydrogen) atoms. The number of rotatable bonds is 4. The summed E-state index contributed by atoms with van der Waals surface area (Å²) in [6.45, 7) is 2.22. The number of nitrogens with two attached hydrogens (primary N) is 1. The lowest BCUT2D eigenvalue weighted by Crippen LogP contribution is -2.26. The van der Waals surface area contributed by atoms with E-state index in [9.17, 15) is 8.42 Å². The molecule has 0 bridgehead atoms. The highest BCUT2D eigenvalue weighted by molar-refractivity contribution is 7.92. The molecule has 7 heteroatoms. The van der Waals surface area contributed by atoms with Gasteiger partial charge in [-0.1, -0.05) is 12.2 Å². The minimum absolute atomic E-state index is 0.254. The summed E-state index contributed by atoms with van der Waals surface area (Å²) in [4.78, 5) is 4.58. The van der Waals surface area contributed by atoms with E-state index in [1.807, 2.05) is 13.0 Å². The fourth-order valence-corrected chi connectivity index (χ4v) is 4.12. The number of hydrogen-bond acceptors (Lipinski definition) is 5. The van der Waals surface area contributed by atoms with Gasteiger partial charge in [-0.3, -0.25) is 0 Å². The Bertz CT molecular complexity index is 599. The molecular weight excluding hydrogens is 282 g/mol. The van der Waals surface area contributed by atoms with E-state index in [0.29, 0.717) is 24.3 Å². The highest BCUT2D eigenvalue weighted by Crippen LogP contribution is 2.21. The Morgan fingerprint density at radius 2 is 2.32 bits per heavy atom. The molecule has 1 atom stereocenters. The molecule has 0 amide bonds. The zero-order valence-electron chi connectivity index (χ0n) is 10.7. The summed E-state index contributed by atoms with van der Waals surface area (Å²) in [6, 6.07) is 3.63. The van der Waals surface area contributed by atoms with Crippen molar-refractivity contribution in [2.24, 2.45) is 5.73 Å². The third-order valence-electron chi connectivity index (χ3n) is 3.26. The van der Waals surface area contributed by atoms with E-state index in [-0.39, 0.29) is 16.0 Å². The van der Waals surface area contributed by atoms with Crippen molar-refractivity contribution >= 4 is 32.9 Å². The molecule has 1 aliphatic rings. The largest absolute Gasteiger partial charge is 0.389 e. The molecule has 1 saturated heterocycles. The number of anilines is 1. The van der Waals surface area contributed by atoms with E-state index >= 15 is 0 Å². The van der Waals surface area contributed by atoms with Crippen molar-refractivity contribution in [1.29, 1.82) is 0 Å². The Morgan fingerprint density at radius 1 is 1.58 bits per heavy atom. The van der Waals surface area contributed by atoms with Crippen LogP contribution in [0.25, 0.3) is 0 Å². The third-order valence-corrected chi connectivity index (χ3v) is 5.76. The molecule has 0 saturated carbocycles. The molecular formula is C12H17N3O2S2. The van der Waals surface area contributed by atoms with Crippen molar-refractivity contribution < 1.29 is 8.42 Å². The van der Waals surface area contributed by atoms with Crippen molar-refractivity contribution in [3.8, 4) is 0 Å². The van der Waals surface area contributed by atoms with Crippen molar-refractivity contribution in [2.75, 3.05) is 17.6 Å². The maximum atomic E-state index is 11.8. The Labute approximate surface area is 118 Å². The van der Waals surface area contributed by atoms with Crippen LogP contribution in [0, 0.1) is 6.92 Å². The summed E-state index contributed by atoms with van der Waals surface area (Å²) in [5, 5.41) is 2.74. The molecule has 1 fully saturated rings. The van der Waals surface area contributed by atoms with Crippen LogP contribution in [0.3, 0.4) is 0 Å². The van der Waals surface area contributed by atoms with Gasteiger partial charge in [-0.25, -0.2) is 13.4 Å². The predicted octanol–water partition coefficient (Wildman–Crippen LogP) is 1.01. The molecule has 104 valence electrons. The van der Waals surface area contributed by atoms with Crippen molar-refractivity contribution in [2.45, 2.75) is 25.0 Å². The zero-order chi connectivity index (χ0) is 14.0. The number of pyridine rings is 1. The lowest BCUT2D eigenvalue weighted by Gasteiger charge is -2.14. The summed E-state index contributed by atoms with van der Waals surface area (Å²) >= 11 is 4.97. The molecule has 2 heterocycles. The molecule has 0 aliphatic carbocycles. The maximum absolute atomic E-state index is 11.8. The van der Waals surface area contributed by atoms with Gasteiger partial charge in [0.15, 0.2) is 9.84 Å². The van der Waals surface area contributed by atoms with E-state index < -0.39 is 9.84 Å². The monoisotopic (exact) mass is 299 g/mol. The molecule has 2 rings (SSSR count). The number of aryl methyl sites for hydroxylation is 1. The van der Waals surface area contributed by atoms with Crippen LogP contribution in [-0.4, -0.2) is 35.9 Å². The number of hydrogen-bond donors (Lipinski definition) is 2. The molecule has 5 nitrogen and oxygen atoms in total. The van der Waals surface area contributed by atoms with E-state index in [1.54, 1.807) is 6.07 Å². The maximum Gasteiger partial charge on any atom is 0.154 e. The first-order chi connectivity index (χ1) is 8.90. The van der Waals surface area contributed by atoms with Crippen LogP contribution in [0.1, 0.15) is 24.1 Å². The van der Waals surface area contributed by atoms with Gasteiger partial charge in [0.25, 0.3) is 0 Å². The first-order valence-corrected chi connectivity index (χ1v) is 8.25. The smallest absolute Gasteiger partial charge is 0.154 e. The number of nitrogens with zero attached hydrogens (tertiary/aromatic N) is 1. The molecule has 0 spiro atoms. The van der Waals surface area contributed by atoms with Crippen LogP contribution in [-0.2, 0) is 9.84 Å². The standard InChI is InChI=1S/C12H17N3O2S2/c1-8-4-5-10(11(13)18)12(15-8)14-7-9-3-2-6-19(9,16)17/h4-5,9H,2-3,6-7H2,1H3,(H2,13,18)(H,14,15). The number of nitrogens with one attached hydrogen (secondary N) is 1. The topological polar surface area (TPSA) is 85.1 Å². The van der Waals surface area contributed by atoms with E-state index in [1.165, 1.54) is 0 Å². The Balaban J connectivity index is 2.15. The van der Waals surface area contributed by atoms with E-state index in [4.69, 9.17) is 18.0 Å². The van der Waals surface area contributed by atoms with Gasteiger partial charge in [0.05, 0.1) is 16.6 Å².